The van der Waals surface area contributed by atoms with E-state index < -0.39 is 0 Å². The van der Waals surface area contributed by atoms with Gasteiger partial charge in [0.1, 0.15) is 6.04 Å². The molecule has 0 N–H and O–H groups in total. The van der Waals surface area contributed by atoms with Crippen molar-refractivity contribution in [2.45, 2.75) is 37.3 Å². The van der Waals surface area contributed by atoms with E-state index in [-0.39, 0.29) is 12.0 Å². The van der Waals surface area contributed by atoms with E-state index in [0.717, 1.165) is 13.1 Å². The van der Waals surface area contributed by atoms with Gasteiger partial charge in [0.05, 0.1) is 7.11 Å². The molecular weight excluding hydrogens is 198 g/mol. The van der Waals surface area contributed by atoms with Crippen molar-refractivity contribution in [2.75, 3.05) is 20.2 Å². The lowest BCUT2D eigenvalue weighted by Gasteiger charge is -2.37. The van der Waals surface area contributed by atoms with Crippen LogP contribution >= 0.6 is 11.8 Å². The van der Waals surface area contributed by atoms with Gasteiger partial charge < -0.3 is 4.74 Å². The second-order valence-corrected chi connectivity index (χ2v) is 5.79. The lowest BCUT2D eigenvalue weighted by Crippen LogP contribution is -2.48. The summed E-state index contributed by atoms with van der Waals surface area (Å²) in [6.07, 6.45) is 0. The molecule has 0 saturated carbocycles. The van der Waals surface area contributed by atoms with Crippen LogP contribution in [0.4, 0.5) is 0 Å². The molecule has 1 aliphatic heterocycles. The Morgan fingerprint density at radius 3 is 2.36 bits per heavy atom. The van der Waals surface area contributed by atoms with Gasteiger partial charge in [0, 0.05) is 23.6 Å². The predicted molar refractivity (Wildman–Crippen MR) is 59.6 cm³/mol. The number of esters is 1. The summed E-state index contributed by atoms with van der Waals surface area (Å²) in [4.78, 5) is 13.6. The van der Waals surface area contributed by atoms with Crippen LogP contribution < -0.4 is 0 Å². The summed E-state index contributed by atoms with van der Waals surface area (Å²) in [6.45, 7) is 8.28. The first-order valence-corrected chi connectivity index (χ1v) is 5.96. The minimum Gasteiger partial charge on any atom is -0.468 e. The van der Waals surface area contributed by atoms with Crippen LogP contribution in [0.2, 0.25) is 0 Å². The van der Waals surface area contributed by atoms with Crippen LogP contribution in [0, 0.1) is 0 Å². The van der Waals surface area contributed by atoms with Gasteiger partial charge >= 0.3 is 5.97 Å². The van der Waals surface area contributed by atoms with Gasteiger partial charge in [-0.05, 0) is 6.92 Å². The maximum atomic E-state index is 11.4. The molecule has 1 aliphatic rings. The van der Waals surface area contributed by atoms with Crippen molar-refractivity contribution in [1.29, 1.82) is 0 Å². The predicted octanol–water partition coefficient (Wildman–Crippen LogP) is 1.37. The zero-order chi connectivity index (χ0) is 10.7. The highest BCUT2D eigenvalue weighted by atomic mass is 32.2. The zero-order valence-corrected chi connectivity index (χ0v) is 10.1. The molecule has 0 spiro atoms. The highest BCUT2D eigenvalue weighted by Crippen LogP contribution is 2.25. The second kappa shape index (κ2) is 5.03. The Balaban J connectivity index is 2.54. The molecule has 0 aliphatic carbocycles. The number of hydrogen-bond acceptors (Lipinski definition) is 4. The van der Waals surface area contributed by atoms with Crippen LogP contribution in [0.3, 0.4) is 0 Å². The van der Waals surface area contributed by atoms with Crippen LogP contribution in [0.5, 0.6) is 0 Å². The van der Waals surface area contributed by atoms with Gasteiger partial charge in [-0.25, -0.2) is 0 Å². The first-order valence-electron chi connectivity index (χ1n) is 5.02. The van der Waals surface area contributed by atoms with Crippen molar-refractivity contribution in [3.8, 4) is 0 Å². The van der Waals surface area contributed by atoms with Crippen LogP contribution in [0.25, 0.3) is 0 Å². The molecule has 0 radical (unpaired) electrons. The van der Waals surface area contributed by atoms with Crippen molar-refractivity contribution in [2.24, 2.45) is 0 Å². The van der Waals surface area contributed by atoms with Crippen molar-refractivity contribution >= 4 is 17.7 Å². The highest BCUT2D eigenvalue weighted by Gasteiger charge is 2.29. The van der Waals surface area contributed by atoms with Crippen molar-refractivity contribution in [3.63, 3.8) is 0 Å². The van der Waals surface area contributed by atoms with Crippen molar-refractivity contribution < 1.29 is 9.53 Å². The Bertz CT molecular complexity index is 200. The van der Waals surface area contributed by atoms with E-state index in [1.165, 1.54) is 7.11 Å². The Kier molecular flexibility index (Phi) is 4.26. The number of nitrogens with zero attached hydrogens (tertiary/aromatic N) is 1. The third-order valence-corrected chi connectivity index (χ3v) is 3.77. The number of methoxy groups -OCH3 is 1. The second-order valence-electron chi connectivity index (χ2n) is 3.91. The standard InChI is InChI=1S/C10H19NO2S/c1-7-5-11(6-8(2)14-7)9(3)10(12)13-4/h7-9H,5-6H2,1-4H3. The minimum absolute atomic E-state index is 0.106. The molecule has 3 atom stereocenters. The van der Waals surface area contributed by atoms with E-state index in [4.69, 9.17) is 4.74 Å². The first-order chi connectivity index (χ1) is 6.54. The molecule has 1 fully saturated rings. The number of hydrogen-bond donors (Lipinski definition) is 0. The minimum atomic E-state index is -0.128. The van der Waals surface area contributed by atoms with E-state index in [9.17, 15) is 4.79 Å². The lowest BCUT2D eigenvalue weighted by atomic mass is 10.2. The van der Waals surface area contributed by atoms with Crippen LogP contribution in [-0.2, 0) is 9.53 Å². The molecule has 3 nitrogen and oxygen atoms in total. The van der Waals surface area contributed by atoms with Gasteiger partial charge in [-0.3, -0.25) is 9.69 Å². The molecule has 82 valence electrons. The van der Waals surface area contributed by atoms with Gasteiger partial charge in [-0.1, -0.05) is 13.8 Å². The van der Waals surface area contributed by atoms with E-state index in [0.29, 0.717) is 10.5 Å². The average Bonchev–Trinajstić information content (AvgIpc) is 2.14. The zero-order valence-electron chi connectivity index (χ0n) is 9.32. The number of carbonyl (C=O) groups excluding carboxylic acids is 1. The molecule has 14 heavy (non-hydrogen) atoms. The fourth-order valence-corrected chi connectivity index (χ4v) is 3.20. The summed E-state index contributed by atoms with van der Waals surface area (Å²) >= 11 is 1.99. The quantitative estimate of drug-likeness (QED) is 0.653. The Labute approximate surface area is 90.2 Å². The molecule has 0 bridgehead atoms. The van der Waals surface area contributed by atoms with Gasteiger partial charge in [0.25, 0.3) is 0 Å². The summed E-state index contributed by atoms with van der Waals surface area (Å²) < 4.78 is 4.75. The molecular formula is C10H19NO2S. The molecule has 3 unspecified atom stereocenters. The smallest absolute Gasteiger partial charge is 0.322 e. The maximum Gasteiger partial charge on any atom is 0.322 e. The Morgan fingerprint density at radius 1 is 1.43 bits per heavy atom. The summed E-state index contributed by atoms with van der Waals surface area (Å²) in [5.74, 6) is -0.128. The number of thioether (sulfide) groups is 1. The molecule has 4 heteroatoms. The summed E-state index contributed by atoms with van der Waals surface area (Å²) in [6, 6.07) is -0.106. The molecule has 0 aromatic carbocycles. The van der Waals surface area contributed by atoms with Gasteiger partial charge in [0.2, 0.25) is 0 Å². The summed E-state index contributed by atoms with van der Waals surface area (Å²) in [7, 11) is 1.45. The van der Waals surface area contributed by atoms with Crippen LogP contribution in [0.1, 0.15) is 20.8 Å². The Hall–Kier alpha value is -0.220. The average molecular weight is 217 g/mol. The molecule has 0 aromatic rings. The fourth-order valence-electron chi connectivity index (χ4n) is 1.85. The van der Waals surface area contributed by atoms with Crippen molar-refractivity contribution in [3.05, 3.63) is 0 Å². The van der Waals surface area contributed by atoms with Crippen LogP contribution in [-0.4, -0.2) is 47.6 Å². The van der Waals surface area contributed by atoms with Gasteiger partial charge in [-0.2, -0.15) is 11.8 Å². The monoisotopic (exact) mass is 217 g/mol. The molecule has 1 heterocycles. The van der Waals surface area contributed by atoms with Gasteiger partial charge in [-0.15, -0.1) is 0 Å². The van der Waals surface area contributed by atoms with Crippen molar-refractivity contribution in [1.82, 2.24) is 4.90 Å². The third kappa shape index (κ3) is 2.89. The van der Waals surface area contributed by atoms with E-state index >= 15 is 0 Å². The molecule has 1 rings (SSSR count). The molecule has 0 aromatic heterocycles. The first kappa shape index (κ1) is 11.9. The topological polar surface area (TPSA) is 29.5 Å². The third-order valence-electron chi connectivity index (χ3n) is 2.54. The lowest BCUT2D eigenvalue weighted by molar-refractivity contribution is -0.146. The molecule has 0 amide bonds. The maximum absolute atomic E-state index is 11.4. The van der Waals surface area contributed by atoms with E-state index in [1.54, 1.807) is 0 Å². The highest BCUT2D eigenvalue weighted by molar-refractivity contribution is 8.00. The van der Waals surface area contributed by atoms with E-state index in [2.05, 4.69) is 18.7 Å². The Morgan fingerprint density at radius 2 is 1.93 bits per heavy atom. The number of ether oxygens (including phenoxy) is 1. The fraction of sp³-hybridized carbons (Fsp3) is 0.900. The van der Waals surface area contributed by atoms with Gasteiger partial charge in [0.15, 0.2) is 0 Å². The van der Waals surface area contributed by atoms with E-state index in [1.807, 2.05) is 18.7 Å². The van der Waals surface area contributed by atoms with Crippen LogP contribution in [0.15, 0.2) is 0 Å². The summed E-state index contributed by atoms with van der Waals surface area (Å²) in [5, 5.41) is 1.21. The normalized spacial score (nSPS) is 31.1. The largest absolute Gasteiger partial charge is 0.468 e. The summed E-state index contributed by atoms with van der Waals surface area (Å²) in [5.41, 5.74) is 0. The SMILES string of the molecule is COC(=O)C(C)N1CC(C)SC(C)C1. The molecule has 1 saturated heterocycles. The number of carbonyl (C=O) groups is 1. The number of rotatable bonds is 2.